The van der Waals surface area contributed by atoms with Crippen molar-refractivity contribution in [1.29, 1.82) is 5.26 Å². The molecule has 1 saturated heterocycles. The lowest BCUT2D eigenvalue weighted by Crippen LogP contribution is -2.58. The van der Waals surface area contributed by atoms with Crippen LogP contribution in [0.25, 0.3) is 0 Å². The van der Waals surface area contributed by atoms with E-state index < -0.39 is 0 Å². The molecule has 8 heteroatoms. The van der Waals surface area contributed by atoms with Crippen LogP contribution < -0.4 is 5.73 Å². The molecule has 3 aliphatic carbocycles. The maximum absolute atomic E-state index is 13.4. The third kappa shape index (κ3) is 3.51. The van der Waals surface area contributed by atoms with Gasteiger partial charge in [-0.25, -0.2) is 9.97 Å². The third-order valence-corrected chi connectivity index (χ3v) is 7.51. The first kappa shape index (κ1) is 19.6. The maximum atomic E-state index is 13.4. The second-order valence-electron chi connectivity index (χ2n) is 9.72. The van der Waals surface area contributed by atoms with Crippen molar-refractivity contribution in [2.75, 3.05) is 18.8 Å². The number of hydrogen-bond donors (Lipinski definition) is 1. The largest absolute Gasteiger partial charge is 0.368 e. The van der Waals surface area contributed by atoms with Crippen LogP contribution in [0.5, 0.6) is 0 Å². The van der Waals surface area contributed by atoms with Crippen LogP contribution in [-0.4, -0.2) is 55.8 Å². The van der Waals surface area contributed by atoms with E-state index in [9.17, 15) is 10.1 Å². The van der Waals surface area contributed by atoms with E-state index in [1.165, 1.54) is 12.8 Å². The van der Waals surface area contributed by atoms with Crippen LogP contribution in [0.1, 0.15) is 60.9 Å². The fourth-order valence-corrected chi connectivity index (χ4v) is 5.48. The van der Waals surface area contributed by atoms with Gasteiger partial charge in [0.2, 0.25) is 11.9 Å². The Morgan fingerprint density at radius 2 is 1.97 bits per heavy atom. The number of aromatic nitrogens is 3. The van der Waals surface area contributed by atoms with Gasteiger partial charge in [-0.1, -0.05) is 0 Å². The van der Waals surface area contributed by atoms with E-state index in [1.807, 2.05) is 12.1 Å². The zero-order valence-electron chi connectivity index (χ0n) is 18.0. The highest BCUT2D eigenvalue weighted by Gasteiger charge is 2.53. The number of amides is 1. The Hall–Kier alpha value is -3.05. The van der Waals surface area contributed by atoms with E-state index in [0.717, 1.165) is 43.6 Å². The Morgan fingerprint density at radius 3 is 2.69 bits per heavy atom. The summed E-state index contributed by atoms with van der Waals surface area (Å²) in [5.74, 6) is 1.62. The molecule has 3 unspecified atom stereocenters. The lowest BCUT2D eigenvalue weighted by atomic mass is 9.97. The number of hydrogen-bond acceptors (Lipinski definition) is 7. The van der Waals surface area contributed by atoms with E-state index in [1.54, 1.807) is 18.6 Å². The summed E-state index contributed by atoms with van der Waals surface area (Å²) in [5.41, 5.74) is 8.52. The molecule has 0 aromatic carbocycles. The first-order valence-corrected chi connectivity index (χ1v) is 11.6. The predicted molar refractivity (Wildman–Crippen MR) is 117 cm³/mol. The van der Waals surface area contributed by atoms with Gasteiger partial charge in [0.25, 0.3) is 0 Å². The molecule has 0 bridgehead atoms. The third-order valence-electron chi connectivity index (χ3n) is 7.51. The van der Waals surface area contributed by atoms with Crippen molar-refractivity contribution in [2.45, 2.75) is 56.1 Å². The van der Waals surface area contributed by atoms with Crippen LogP contribution in [0.4, 0.5) is 5.95 Å². The molecular weight excluding hydrogens is 402 g/mol. The number of piperazine rings is 1. The molecule has 1 amide bonds. The summed E-state index contributed by atoms with van der Waals surface area (Å²) in [4.78, 5) is 30.8. The lowest BCUT2D eigenvalue weighted by molar-refractivity contribution is -0.143. The lowest BCUT2D eigenvalue weighted by Gasteiger charge is -2.47. The summed E-state index contributed by atoms with van der Waals surface area (Å²) in [6, 6.07) is 6.67. The van der Waals surface area contributed by atoms with E-state index >= 15 is 0 Å². The van der Waals surface area contributed by atoms with Crippen LogP contribution >= 0.6 is 0 Å². The van der Waals surface area contributed by atoms with Crippen molar-refractivity contribution in [3.05, 3.63) is 47.5 Å². The summed E-state index contributed by atoms with van der Waals surface area (Å²) in [6.07, 6.45) is 10.5. The van der Waals surface area contributed by atoms with Crippen molar-refractivity contribution >= 4 is 11.9 Å². The van der Waals surface area contributed by atoms with Crippen molar-refractivity contribution in [3.8, 4) is 6.07 Å². The summed E-state index contributed by atoms with van der Waals surface area (Å²) in [6.45, 7) is 1.64. The first-order valence-electron chi connectivity index (χ1n) is 11.6. The molecule has 4 fully saturated rings. The Morgan fingerprint density at radius 1 is 1.12 bits per heavy atom. The van der Waals surface area contributed by atoms with Crippen LogP contribution in [0, 0.1) is 23.2 Å². The summed E-state index contributed by atoms with van der Waals surface area (Å²) in [7, 11) is 0. The SMILES string of the molecule is N#Cc1cnccc1C1CC1N1CC(C2CC2)N(C(=O)C2CC2)[C@@H](c2ccnc(N)n2)C1. The topological polar surface area (TPSA) is 112 Å². The number of anilines is 1. The Kier molecular flexibility index (Phi) is 4.61. The molecule has 2 aromatic heterocycles. The Bertz CT molecular complexity index is 1090. The van der Waals surface area contributed by atoms with Gasteiger partial charge in [-0.3, -0.25) is 14.7 Å². The normalized spacial score (nSPS) is 30.0. The number of carbonyl (C=O) groups is 1. The number of carbonyl (C=O) groups excluding carboxylic acids is 1. The molecule has 2 N–H and O–H groups in total. The minimum Gasteiger partial charge on any atom is -0.368 e. The number of rotatable bonds is 5. The Balaban J connectivity index is 1.32. The molecule has 0 spiro atoms. The summed E-state index contributed by atoms with van der Waals surface area (Å²) < 4.78 is 0. The number of nitrogens with zero attached hydrogens (tertiary/aromatic N) is 6. The van der Waals surface area contributed by atoms with Gasteiger partial charge < -0.3 is 10.6 Å². The average Bonchev–Trinajstić information content (AvgIpc) is 3.67. The maximum Gasteiger partial charge on any atom is 0.226 e. The second kappa shape index (κ2) is 7.52. The summed E-state index contributed by atoms with van der Waals surface area (Å²) >= 11 is 0. The van der Waals surface area contributed by atoms with Crippen LogP contribution in [0.2, 0.25) is 0 Å². The molecule has 4 aliphatic rings. The van der Waals surface area contributed by atoms with Crippen molar-refractivity contribution in [1.82, 2.24) is 24.8 Å². The monoisotopic (exact) mass is 429 g/mol. The van der Waals surface area contributed by atoms with Crippen LogP contribution in [0.3, 0.4) is 0 Å². The highest BCUT2D eigenvalue weighted by molar-refractivity contribution is 5.82. The zero-order valence-corrected chi connectivity index (χ0v) is 18.0. The smallest absolute Gasteiger partial charge is 0.226 e. The van der Waals surface area contributed by atoms with Crippen LogP contribution in [0.15, 0.2) is 30.7 Å². The first-order chi connectivity index (χ1) is 15.6. The van der Waals surface area contributed by atoms with Gasteiger partial charge in [-0.2, -0.15) is 5.26 Å². The fraction of sp³-hybridized carbons (Fsp3) is 0.542. The predicted octanol–water partition coefficient (Wildman–Crippen LogP) is 2.26. The van der Waals surface area contributed by atoms with Gasteiger partial charge in [-0.05, 0) is 55.7 Å². The van der Waals surface area contributed by atoms with Gasteiger partial charge in [0, 0.05) is 55.6 Å². The molecule has 4 atom stereocenters. The second-order valence-corrected chi connectivity index (χ2v) is 9.72. The van der Waals surface area contributed by atoms with Gasteiger partial charge in [0.15, 0.2) is 0 Å². The molecule has 3 saturated carbocycles. The summed E-state index contributed by atoms with van der Waals surface area (Å²) in [5, 5.41) is 9.51. The van der Waals surface area contributed by atoms with Crippen molar-refractivity contribution in [2.24, 2.45) is 11.8 Å². The van der Waals surface area contributed by atoms with Crippen LogP contribution in [-0.2, 0) is 4.79 Å². The zero-order chi connectivity index (χ0) is 21.8. The van der Waals surface area contributed by atoms with Crippen molar-refractivity contribution < 1.29 is 4.79 Å². The minimum absolute atomic E-state index is 0.109. The standard InChI is InChI=1S/C24H27N7O/c25-10-16-11-27-7-5-17(16)18-9-20(18)30-12-21(14-1-2-14)31(23(32)15-3-4-15)22(13-30)19-6-8-28-24(26)29-19/h5-8,11,14-15,18,20-22H,1-4,9,12-13H2,(H2,26,28,29)/t18?,20?,21?,22-/m1/s1. The molecule has 3 heterocycles. The van der Waals surface area contributed by atoms with Gasteiger partial charge in [0.05, 0.1) is 17.3 Å². The minimum atomic E-state index is -0.109. The highest BCUT2D eigenvalue weighted by atomic mass is 16.2. The van der Waals surface area contributed by atoms with E-state index in [-0.39, 0.29) is 29.9 Å². The molecular formula is C24H27N7O. The molecule has 2 aromatic rings. The van der Waals surface area contributed by atoms with E-state index in [0.29, 0.717) is 23.4 Å². The van der Waals surface area contributed by atoms with E-state index in [2.05, 4.69) is 30.8 Å². The molecule has 1 aliphatic heterocycles. The highest BCUT2D eigenvalue weighted by Crippen LogP contribution is 2.50. The Labute approximate surface area is 187 Å². The number of nitrogens with two attached hydrogens (primary N) is 1. The molecule has 8 nitrogen and oxygen atoms in total. The quantitative estimate of drug-likeness (QED) is 0.776. The van der Waals surface area contributed by atoms with Crippen molar-refractivity contribution in [3.63, 3.8) is 0 Å². The molecule has 6 rings (SSSR count). The molecule has 32 heavy (non-hydrogen) atoms. The number of nitrogen functional groups attached to an aromatic ring is 1. The number of pyridine rings is 1. The van der Waals surface area contributed by atoms with Gasteiger partial charge >= 0.3 is 0 Å². The molecule has 0 radical (unpaired) electrons. The van der Waals surface area contributed by atoms with E-state index in [4.69, 9.17) is 5.73 Å². The fourth-order valence-electron chi connectivity index (χ4n) is 5.48. The average molecular weight is 430 g/mol. The molecule has 164 valence electrons. The van der Waals surface area contributed by atoms with Gasteiger partial charge in [-0.15, -0.1) is 0 Å². The number of nitriles is 1. The van der Waals surface area contributed by atoms with Gasteiger partial charge in [0.1, 0.15) is 6.07 Å².